The standard InChI is InChI=1S/C16H13BrClFN2O2/c17-11-3-2-7-20-15(11)23-10-6-8-21(9-10)16(22)14-12(18)4-1-5-13(14)19/h1-5,7,10H,6,8-9H2/t10-/m1/s1. The summed E-state index contributed by atoms with van der Waals surface area (Å²) in [6.07, 6.45) is 2.11. The van der Waals surface area contributed by atoms with Gasteiger partial charge in [-0.25, -0.2) is 9.37 Å². The van der Waals surface area contributed by atoms with Crippen molar-refractivity contribution in [1.29, 1.82) is 0 Å². The van der Waals surface area contributed by atoms with E-state index in [9.17, 15) is 9.18 Å². The van der Waals surface area contributed by atoms with Crippen molar-refractivity contribution >= 4 is 33.4 Å². The van der Waals surface area contributed by atoms with E-state index < -0.39 is 11.7 Å². The average Bonchev–Trinajstić information content (AvgIpc) is 2.98. The minimum absolute atomic E-state index is 0.0890. The zero-order chi connectivity index (χ0) is 16.4. The van der Waals surface area contributed by atoms with E-state index in [0.29, 0.717) is 25.4 Å². The largest absolute Gasteiger partial charge is 0.472 e. The number of carbonyl (C=O) groups excluding carboxylic acids is 1. The normalized spacial score (nSPS) is 17.3. The first-order valence-electron chi connectivity index (χ1n) is 7.06. The van der Waals surface area contributed by atoms with Crippen LogP contribution in [0.15, 0.2) is 41.0 Å². The number of hydrogen-bond donors (Lipinski definition) is 0. The zero-order valence-electron chi connectivity index (χ0n) is 12.0. The lowest BCUT2D eigenvalue weighted by molar-refractivity contribution is 0.0766. The lowest BCUT2D eigenvalue weighted by Gasteiger charge is -2.18. The molecule has 1 amide bonds. The number of likely N-dealkylation sites (tertiary alicyclic amines) is 1. The summed E-state index contributed by atoms with van der Waals surface area (Å²) in [6, 6.07) is 7.84. The molecule has 1 aliphatic heterocycles. The van der Waals surface area contributed by atoms with Crippen molar-refractivity contribution in [2.24, 2.45) is 0 Å². The molecular formula is C16H13BrClFN2O2. The van der Waals surface area contributed by atoms with Gasteiger partial charge in [0.05, 0.1) is 21.6 Å². The Morgan fingerprint density at radius 1 is 1.39 bits per heavy atom. The van der Waals surface area contributed by atoms with Crippen LogP contribution in [0.25, 0.3) is 0 Å². The van der Waals surface area contributed by atoms with Crippen LogP contribution < -0.4 is 4.74 Å². The van der Waals surface area contributed by atoms with E-state index in [-0.39, 0.29) is 16.7 Å². The molecule has 7 heteroatoms. The first-order chi connectivity index (χ1) is 11.1. The van der Waals surface area contributed by atoms with Crippen LogP contribution in [0.4, 0.5) is 4.39 Å². The minimum atomic E-state index is -0.612. The molecule has 0 bridgehead atoms. The number of ether oxygens (including phenoxy) is 1. The molecule has 1 fully saturated rings. The quantitative estimate of drug-likeness (QED) is 0.785. The summed E-state index contributed by atoms with van der Waals surface area (Å²) in [4.78, 5) is 18.2. The summed E-state index contributed by atoms with van der Waals surface area (Å²) < 4.78 is 20.4. The maximum atomic E-state index is 13.9. The van der Waals surface area contributed by atoms with Crippen molar-refractivity contribution in [3.8, 4) is 5.88 Å². The fourth-order valence-electron chi connectivity index (χ4n) is 2.48. The predicted molar refractivity (Wildman–Crippen MR) is 88.3 cm³/mol. The maximum absolute atomic E-state index is 13.9. The number of nitrogens with zero attached hydrogens (tertiary/aromatic N) is 2. The predicted octanol–water partition coefficient (Wildman–Crippen LogP) is 3.93. The Kier molecular flexibility index (Phi) is 4.82. The highest BCUT2D eigenvalue weighted by Crippen LogP contribution is 2.26. The van der Waals surface area contributed by atoms with Crippen LogP contribution in [0, 0.1) is 5.82 Å². The molecule has 1 aliphatic rings. The fourth-order valence-corrected chi connectivity index (χ4v) is 3.08. The number of amides is 1. The molecule has 2 aromatic rings. The third-order valence-electron chi connectivity index (χ3n) is 3.61. The third-order valence-corrected chi connectivity index (χ3v) is 4.53. The Labute approximate surface area is 146 Å². The van der Waals surface area contributed by atoms with Gasteiger partial charge in [0.2, 0.25) is 5.88 Å². The number of halogens is 3. The number of pyridine rings is 1. The highest BCUT2D eigenvalue weighted by atomic mass is 79.9. The summed E-state index contributed by atoms with van der Waals surface area (Å²) in [7, 11) is 0. The van der Waals surface area contributed by atoms with Crippen LogP contribution in [0.5, 0.6) is 5.88 Å². The topological polar surface area (TPSA) is 42.4 Å². The van der Waals surface area contributed by atoms with Crippen molar-refractivity contribution in [2.45, 2.75) is 12.5 Å². The highest BCUT2D eigenvalue weighted by Gasteiger charge is 2.31. The van der Waals surface area contributed by atoms with E-state index in [2.05, 4.69) is 20.9 Å². The molecule has 0 spiro atoms. The highest BCUT2D eigenvalue weighted by molar-refractivity contribution is 9.10. The first-order valence-corrected chi connectivity index (χ1v) is 8.24. The van der Waals surface area contributed by atoms with Gasteiger partial charge in [-0.1, -0.05) is 17.7 Å². The fraction of sp³-hybridized carbons (Fsp3) is 0.250. The van der Waals surface area contributed by atoms with Crippen molar-refractivity contribution in [3.63, 3.8) is 0 Å². The van der Waals surface area contributed by atoms with Gasteiger partial charge < -0.3 is 9.64 Å². The average molecular weight is 400 g/mol. The van der Waals surface area contributed by atoms with Crippen LogP contribution in [0.3, 0.4) is 0 Å². The van der Waals surface area contributed by atoms with E-state index in [1.165, 1.54) is 18.2 Å². The van der Waals surface area contributed by atoms with Gasteiger partial charge in [0.15, 0.2) is 0 Å². The van der Waals surface area contributed by atoms with Gasteiger partial charge in [0.25, 0.3) is 5.91 Å². The molecule has 1 atom stereocenters. The Hall–Kier alpha value is -1.66. The smallest absolute Gasteiger partial charge is 0.258 e. The summed E-state index contributed by atoms with van der Waals surface area (Å²) >= 11 is 9.32. The van der Waals surface area contributed by atoms with Crippen LogP contribution in [0.2, 0.25) is 5.02 Å². The molecule has 1 aromatic heterocycles. The molecule has 120 valence electrons. The molecule has 0 saturated carbocycles. The number of benzene rings is 1. The van der Waals surface area contributed by atoms with E-state index in [1.54, 1.807) is 17.2 Å². The van der Waals surface area contributed by atoms with Gasteiger partial charge in [-0.05, 0) is 40.2 Å². The third kappa shape index (κ3) is 3.48. The SMILES string of the molecule is O=C(c1c(F)cccc1Cl)N1CC[C@@H](Oc2ncccc2Br)C1. The number of carbonyl (C=O) groups is 1. The summed E-state index contributed by atoms with van der Waals surface area (Å²) in [5.74, 6) is -0.547. The van der Waals surface area contributed by atoms with Gasteiger partial charge in [-0.15, -0.1) is 0 Å². The second kappa shape index (κ2) is 6.84. The number of rotatable bonds is 3. The molecule has 3 rings (SSSR count). The summed E-state index contributed by atoms with van der Waals surface area (Å²) in [6.45, 7) is 0.852. The Morgan fingerprint density at radius 2 is 2.22 bits per heavy atom. The second-order valence-corrected chi connectivity index (χ2v) is 6.43. The molecule has 0 N–H and O–H groups in total. The number of aromatic nitrogens is 1. The van der Waals surface area contributed by atoms with Crippen molar-refractivity contribution in [3.05, 3.63) is 57.4 Å². The van der Waals surface area contributed by atoms with Gasteiger partial charge in [-0.3, -0.25) is 4.79 Å². The Morgan fingerprint density at radius 3 is 2.96 bits per heavy atom. The van der Waals surface area contributed by atoms with Gasteiger partial charge in [0, 0.05) is 19.2 Å². The lowest BCUT2D eigenvalue weighted by Crippen LogP contribution is -2.31. The van der Waals surface area contributed by atoms with E-state index in [4.69, 9.17) is 16.3 Å². The first kappa shape index (κ1) is 16.2. The van der Waals surface area contributed by atoms with Crippen LogP contribution >= 0.6 is 27.5 Å². The number of hydrogen-bond acceptors (Lipinski definition) is 3. The molecule has 1 saturated heterocycles. The maximum Gasteiger partial charge on any atom is 0.258 e. The van der Waals surface area contributed by atoms with Crippen LogP contribution in [-0.2, 0) is 0 Å². The Bertz CT molecular complexity index is 724. The Balaban J connectivity index is 1.70. The van der Waals surface area contributed by atoms with Crippen molar-refractivity contribution in [2.75, 3.05) is 13.1 Å². The summed E-state index contributed by atoms with van der Waals surface area (Å²) in [5, 5.41) is 0.117. The molecule has 0 unspecified atom stereocenters. The van der Waals surface area contributed by atoms with Gasteiger partial charge in [0.1, 0.15) is 11.9 Å². The molecular weight excluding hydrogens is 387 g/mol. The zero-order valence-corrected chi connectivity index (χ0v) is 14.3. The van der Waals surface area contributed by atoms with E-state index in [0.717, 1.165) is 4.47 Å². The minimum Gasteiger partial charge on any atom is -0.472 e. The molecule has 0 aliphatic carbocycles. The van der Waals surface area contributed by atoms with Gasteiger partial charge in [-0.2, -0.15) is 0 Å². The lowest BCUT2D eigenvalue weighted by atomic mass is 10.2. The molecule has 0 radical (unpaired) electrons. The van der Waals surface area contributed by atoms with Gasteiger partial charge >= 0.3 is 0 Å². The second-order valence-electron chi connectivity index (χ2n) is 5.17. The van der Waals surface area contributed by atoms with Crippen molar-refractivity contribution in [1.82, 2.24) is 9.88 Å². The molecule has 1 aromatic carbocycles. The monoisotopic (exact) mass is 398 g/mol. The van der Waals surface area contributed by atoms with Crippen molar-refractivity contribution < 1.29 is 13.9 Å². The van der Waals surface area contributed by atoms with E-state index >= 15 is 0 Å². The van der Waals surface area contributed by atoms with Crippen LogP contribution in [0.1, 0.15) is 16.8 Å². The van der Waals surface area contributed by atoms with Crippen LogP contribution in [-0.4, -0.2) is 35.0 Å². The molecule has 4 nitrogen and oxygen atoms in total. The van der Waals surface area contributed by atoms with E-state index in [1.807, 2.05) is 6.07 Å². The summed E-state index contributed by atoms with van der Waals surface area (Å²) in [5.41, 5.74) is -0.0890. The molecule has 2 heterocycles. The molecule has 23 heavy (non-hydrogen) atoms.